The van der Waals surface area contributed by atoms with Gasteiger partial charge in [-0.25, -0.2) is 4.39 Å². The molecule has 1 atom stereocenters. The lowest BCUT2D eigenvalue weighted by Gasteiger charge is -2.39. The van der Waals surface area contributed by atoms with Gasteiger partial charge in [0.05, 0.1) is 19.1 Å². The number of halogens is 1. The van der Waals surface area contributed by atoms with Crippen molar-refractivity contribution >= 4 is 11.8 Å². The number of carbonyl (C=O) groups is 2. The average molecular weight is 377 g/mol. The van der Waals surface area contributed by atoms with Crippen molar-refractivity contribution in [2.24, 2.45) is 5.41 Å². The third-order valence-corrected chi connectivity index (χ3v) is 5.60. The van der Waals surface area contributed by atoms with E-state index in [9.17, 15) is 14.0 Å². The Bertz CT molecular complexity index is 724. The molecule has 0 aromatic heterocycles. The number of carbonyl (C=O) groups excluding carboxylic acids is 2. The summed E-state index contributed by atoms with van der Waals surface area (Å²) in [6, 6.07) is 4.59. The summed E-state index contributed by atoms with van der Waals surface area (Å²) in [6.07, 6.45) is 2.34. The first-order valence-electron chi connectivity index (χ1n) is 9.39. The number of amides is 2. The van der Waals surface area contributed by atoms with Gasteiger partial charge in [-0.05, 0) is 51.6 Å². The van der Waals surface area contributed by atoms with Crippen LogP contribution < -0.4 is 4.74 Å². The monoisotopic (exact) mass is 377 g/mol. The average Bonchev–Trinajstić information content (AvgIpc) is 3.05. The van der Waals surface area contributed by atoms with Gasteiger partial charge in [0.2, 0.25) is 11.8 Å². The number of hydrogen-bond acceptors (Lipinski definition) is 4. The van der Waals surface area contributed by atoms with Crippen LogP contribution in [0.4, 0.5) is 4.39 Å². The molecule has 0 radical (unpaired) electrons. The highest BCUT2D eigenvalue weighted by molar-refractivity contribution is 5.86. The van der Waals surface area contributed by atoms with E-state index in [0.717, 1.165) is 12.8 Å². The van der Waals surface area contributed by atoms with E-state index in [2.05, 4.69) is 0 Å². The number of hydrogen-bond donors (Lipinski definition) is 0. The van der Waals surface area contributed by atoms with E-state index in [4.69, 9.17) is 4.74 Å². The van der Waals surface area contributed by atoms with E-state index >= 15 is 0 Å². The predicted octanol–water partition coefficient (Wildman–Crippen LogP) is 1.74. The van der Waals surface area contributed by atoms with Crippen LogP contribution in [0.1, 0.15) is 24.8 Å². The second kappa shape index (κ2) is 7.84. The number of rotatable bonds is 5. The van der Waals surface area contributed by atoms with Crippen LogP contribution in [-0.4, -0.2) is 73.9 Å². The molecule has 2 aliphatic heterocycles. The van der Waals surface area contributed by atoms with Crippen LogP contribution in [0.15, 0.2) is 18.2 Å². The first-order valence-corrected chi connectivity index (χ1v) is 9.39. The number of likely N-dealkylation sites (N-methyl/N-ethyl adjacent to an activating group) is 1. The van der Waals surface area contributed by atoms with Gasteiger partial charge in [0.1, 0.15) is 11.6 Å². The van der Waals surface area contributed by atoms with Crippen molar-refractivity contribution in [3.63, 3.8) is 0 Å². The maximum atomic E-state index is 14.2. The zero-order valence-corrected chi connectivity index (χ0v) is 16.3. The molecule has 7 heteroatoms. The number of likely N-dealkylation sites (tertiary alicyclic amines) is 2. The molecule has 0 saturated carbocycles. The zero-order valence-electron chi connectivity index (χ0n) is 16.3. The summed E-state index contributed by atoms with van der Waals surface area (Å²) < 4.78 is 19.4. The topological polar surface area (TPSA) is 53.1 Å². The quantitative estimate of drug-likeness (QED) is 0.784. The van der Waals surface area contributed by atoms with Gasteiger partial charge in [-0.2, -0.15) is 0 Å². The van der Waals surface area contributed by atoms with Crippen molar-refractivity contribution in [2.45, 2.75) is 25.8 Å². The summed E-state index contributed by atoms with van der Waals surface area (Å²) in [5, 5.41) is 0. The van der Waals surface area contributed by atoms with Crippen molar-refractivity contribution in [2.75, 3.05) is 47.4 Å². The van der Waals surface area contributed by atoms with Gasteiger partial charge in [-0.15, -0.1) is 0 Å². The highest BCUT2D eigenvalue weighted by Crippen LogP contribution is 2.40. The molecule has 2 amide bonds. The van der Waals surface area contributed by atoms with E-state index in [-0.39, 0.29) is 24.2 Å². The van der Waals surface area contributed by atoms with Gasteiger partial charge < -0.3 is 19.4 Å². The number of nitrogens with zero attached hydrogens (tertiary/aromatic N) is 3. The minimum Gasteiger partial charge on any atom is -0.497 e. The molecule has 27 heavy (non-hydrogen) atoms. The molecule has 6 nitrogen and oxygen atoms in total. The maximum absolute atomic E-state index is 14.2. The Morgan fingerprint density at radius 2 is 2.07 bits per heavy atom. The largest absolute Gasteiger partial charge is 0.497 e. The van der Waals surface area contributed by atoms with Gasteiger partial charge in [-0.3, -0.25) is 9.59 Å². The summed E-state index contributed by atoms with van der Waals surface area (Å²) in [4.78, 5) is 31.0. The first-order chi connectivity index (χ1) is 12.8. The predicted molar refractivity (Wildman–Crippen MR) is 99.8 cm³/mol. The molecule has 0 unspecified atom stereocenters. The van der Waals surface area contributed by atoms with Crippen LogP contribution in [0.3, 0.4) is 0 Å². The van der Waals surface area contributed by atoms with Gasteiger partial charge in [0.25, 0.3) is 0 Å². The van der Waals surface area contributed by atoms with Crippen LogP contribution in [0.25, 0.3) is 0 Å². The minimum absolute atomic E-state index is 0.0381. The highest BCUT2D eigenvalue weighted by atomic mass is 19.1. The van der Waals surface area contributed by atoms with Crippen LogP contribution in [0.5, 0.6) is 5.75 Å². The van der Waals surface area contributed by atoms with Crippen molar-refractivity contribution in [1.82, 2.24) is 14.7 Å². The van der Waals surface area contributed by atoms with Crippen LogP contribution in [0, 0.1) is 11.2 Å². The lowest BCUT2D eigenvalue weighted by molar-refractivity contribution is -0.147. The fourth-order valence-electron chi connectivity index (χ4n) is 4.14. The lowest BCUT2D eigenvalue weighted by atomic mass is 9.78. The molecule has 148 valence electrons. The normalized spacial score (nSPS) is 22.8. The Morgan fingerprint density at radius 3 is 2.78 bits per heavy atom. The van der Waals surface area contributed by atoms with Crippen molar-refractivity contribution < 1.29 is 18.7 Å². The van der Waals surface area contributed by atoms with Gasteiger partial charge in [0.15, 0.2) is 0 Å². The summed E-state index contributed by atoms with van der Waals surface area (Å²) >= 11 is 0. The van der Waals surface area contributed by atoms with E-state index in [1.165, 1.54) is 13.2 Å². The Balaban J connectivity index is 1.72. The van der Waals surface area contributed by atoms with Crippen molar-refractivity contribution in [3.05, 3.63) is 29.6 Å². The van der Waals surface area contributed by atoms with Crippen molar-refractivity contribution in [3.8, 4) is 5.75 Å². The molecule has 3 rings (SSSR count). The lowest BCUT2D eigenvalue weighted by Crippen LogP contribution is -2.50. The fourth-order valence-corrected chi connectivity index (χ4v) is 4.14. The summed E-state index contributed by atoms with van der Waals surface area (Å²) in [5.74, 6) is 0.334. The van der Waals surface area contributed by atoms with E-state index in [0.29, 0.717) is 43.9 Å². The third kappa shape index (κ3) is 4.08. The van der Waals surface area contributed by atoms with Gasteiger partial charge in [0, 0.05) is 31.7 Å². The van der Waals surface area contributed by atoms with Crippen molar-refractivity contribution in [1.29, 1.82) is 0 Å². The van der Waals surface area contributed by atoms with E-state index in [1.54, 1.807) is 21.9 Å². The molecule has 2 heterocycles. The molecule has 0 N–H and O–H groups in total. The fraction of sp³-hybridized carbons (Fsp3) is 0.600. The highest BCUT2D eigenvalue weighted by Gasteiger charge is 2.49. The standard InChI is InChI=1S/C20H28FN3O3/c1-22(2)13-18(25)24-10-8-20(14-24)7-4-9-23(19(20)26)12-15-11-16(27-3)5-6-17(15)21/h5-6,11H,4,7-10,12-14H2,1-3H3/t20-/m0/s1. The Labute approximate surface area is 159 Å². The minimum atomic E-state index is -0.518. The Hall–Kier alpha value is -2.15. The maximum Gasteiger partial charge on any atom is 0.236 e. The molecule has 2 aliphatic rings. The first kappa shape index (κ1) is 19.6. The van der Waals surface area contributed by atoms with Crippen LogP contribution in [-0.2, 0) is 16.1 Å². The molecule has 0 aliphatic carbocycles. The number of ether oxygens (including phenoxy) is 1. The van der Waals surface area contributed by atoms with Crippen LogP contribution in [0.2, 0.25) is 0 Å². The van der Waals surface area contributed by atoms with Gasteiger partial charge in [-0.1, -0.05) is 0 Å². The molecule has 1 spiro atoms. The smallest absolute Gasteiger partial charge is 0.236 e. The Kier molecular flexibility index (Phi) is 5.69. The molecular formula is C20H28FN3O3. The van der Waals surface area contributed by atoms with Crippen LogP contribution >= 0.6 is 0 Å². The van der Waals surface area contributed by atoms with E-state index in [1.807, 2.05) is 19.0 Å². The second-order valence-corrected chi connectivity index (χ2v) is 7.87. The zero-order chi connectivity index (χ0) is 19.6. The molecule has 0 bridgehead atoms. The SMILES string of the molecule is COc1ccc(F)c(CN2CCC[C@@]3(CCN(C(=O)CN(C)C)C3)C2=O)c1. The second-order valence-electron chi connectivity index (χ2n) is 7.87. The Morgan fingerprint density at radius 1 is 1.30 bits per heavy atom. The summed E-state index contributed by atoms with van der Waals surface area (Å²) in [5.41, 5.74) is -0.0615. The van der Waals surface area contributed by atoms with Gasteiger partial charge >= 0.3 is 0 Å². The molecule has 1 aromatic rings. The molecule has 1 aromatic carbocycles. The molecule has 2 fully saturated rings. The summed E-state index contributed by atoms with van der Waals surface area (Å²) in [7, 11) is 5.26. The molecular weight excluding hydrogens is 349 g/mol. The molecule has 2 saturated heterocycles. The number of piperidine rings is 1. The number of benzene rings is 1. The number of methoxy groups -OCH3 is 1. The summed E-state index contributed by atoms with van der Waals surface area (Å²) in [6.45, 7) is 2.27. The van der Waals surface area contributed by atoms with E-state index < -0.39 is 5.41 Å². The third-order valence-electron chi connectivity index (χ3n) is 5.60.